The highest BCUT2D eigenvalue weighted by Crippen LogP contribution is 2.31. The minimum absolute atomic E-state index is 0.212. The van der Waals surface area contributed by atoms with Crippen LogP contribution in [0.25, 0.3) is 0 Å². The zero-order chi connectivity index (χ0) is 19.4. The quantitative estimate of drug-likeness (QED) is 0.425. The minimum atomic E-state index is -1.67. The van der Waals surface area contributed by atoms with Crippen LogP contribution in [0.4, 0.5) is 0 Å². The molecule has 26 heavy (non-hydrogen) atoms. The van der Waals surface area contributed by atoms with Crippen molar-refractivity contribution in [3.05, 3.63) is 35.9 Å². The average Bonchev–Trinajstić information content (AvgIpc) is 2.68. The van der Waals surface area contributed by atoms with Gasteiger partial charge >= 0.3 is 0 Å². The second kappa shape index (κ2) is 12.7. The molecule has 0 saturated heterocycles. The number of aliphatic hydroxyl groups is 1. The molecule has 0 aromatic heterocycles. The van der Waals surface area contributed by atoms with E-state index in [2.05, 4.69) is 58.9 Å². The van der Waals surface area contributed by atoms with Gasteiger partial charge in [-0.1, -0.05) is 65.0 Å². The topological polar surface area (TPSA) is 38.7 Å². The van der Waals surface area contributed by atoms with E-state index >= 15 is 0 Å². The van der Waals surface area contributed by atoms with E-state index in [9.17, 15) is 5.11 Å². The van der Waals surface area contributed by atoms with Gasteiger partial charge in [0.1, 0.15) is 0 Å². The first kappa shape index (κ1) is 23.4. The van der Waals surface area contributed by atoms with Gasteiger partial charge in [0.2, 0.25) is 0 Å². The van der Waals surface area contributed by atoms with E-state index in [4.69, 9.17) is 9.16 Å². The van der Waals surface area contributed by atoms with Crippen molar-refractivity contribution in [2.75, 3.05) is 13.2 Å². The normalized spacial score (nSPS) is 15.6. The lowest BCUT2D eigenvalue weighted by atomic mass is 9.90. The standard InChI is InChI=1S/C22H40O3Si/c1-6-26(7-2,8-3)25-22(19(4)13-12-16-23)20(5)17-24-18-21-14-10-9-11-15-21/h9-11,14-15,19-20,22-23H,6-8,12-13,16-18H2,1-5H3/t19-,20-,22+/m0/s1. The molecule has 0 radical (unpaired) electrons. The maximum atomic E-state index is 9.22. The molecule has 1 N–H and O–H groups in total. The molecule has 1 aromatic rings. The Morgan fingerprint density at radius 3 is 2.12 bits per heavy atom. The number of rotatable bonds is 14. The molecular formula is C22H40O3Si. The molecule has 1 aromatic carbocycles. The fourth-order valence-electron chi connectivity index (χ4n) is 3.69. The second-order valence-electron chi connectivity index (χ2n) is 7.65. The SMILES string of the molecule is CC[Si](CC)(CC)O[C@H]([C@@H](C)CCCO)[C@@H](C)COCc1ccccc1. The molecule has 0 heterocycles. The van der Waals surface area contributed by atoms with E-state index in [1.165, 1.54) is 23.7 Å². The van der Waals surface area contributed by atoms with Gasteiger partial charge < -0.3 is 14.3 Å². The van der Waals surface area contributed by atoms with Crippen LogP contribution in [0.5, 0.6) is 0 Å². The van der Waals surface area contributed by atoms with E-state index in [0.717, 1.165) is 12.8 Å². The smallest absolute Gasteiger partial charge is 0.192 e. The minimum Gasteiger partial charge on any atom is -0.413 e. The highest BCUT2D eigenvalue weighted by Gasteiger charge is 2.36. The molecule has 0 aliphatic rings. The molecule has 4 heteroatoms. The molecule has 0 unspecified atom stereocenters. The number of ether oxygens (including phenoxy) is 1. The zero-order valence-electron chi connectivity index (χ0n) is 17.5. The summed E-state index contributed by atoms with van der Waals surface area (Å²) in [6, 6.07) is 13.8. The summed E-state index contributed by atoms with van der Waals surface area (Å²) in [6.45, 7) is 13.0. The van der Waals surface area contributed by atoms with Crippen molar-refractivity contribution < 1.29 is 14.3 Å². The van der Waals surface area contributed by atoms with Crippen molar-refractivity contribution in [1.82, 2.24) is 0 Å². The number of hydrogen-bond acceptors (Lipinski definition) is 3. The lowest BCUT2D eigenvalue weighted by Gasteiger charge is -2.39. The summed E-state index contributed by atoms with van der Waals surface area (Å²) in [6.07, 6.45) is 2.06. The van der Waals surface area contributed by atoms with Crippen LogP contribution in [-0.4, -0.2) is 32.7 Å². The van der Waals surface area contributed by atoms with Crippen LogP contribution in [-0.2, 0) is 15.8 Å². The van der Waals surface area contributed by atoms with Gasteiger partial charge in [-0.25, -0.2) is 0 Å². The monoisotopic (exact) mass is 380 g/mol. The Kier molecular flexibility index (Phi) is 11.4. The van der Waals surface area contributed by atoms with Crippen LogP contribution in [0, 0.1) is 11.8 Å². The molecule has 0 aliphatic heterocycles. The first-order valence-corrected chi connectivity index (χ1v) is 12.9. The van der Waals surface area contributed by atoms with Crippen molar-refractivity contribution in [3.8, 4) is 0 Å². The lowest BCUT2D eigenvalue weighted by molar-refractivity contribution is 0.00889. The molecule has 0 spiro atoms. The Bertz CT molecular complexity index is 453. The van der Waals surface area contributed by atoms with E-state index in [0.29, 0.717) is 25.0 Å². The summed E-state index contributed by atoms with van der Waals surface area (Å²) < 4.78 is 12.9. The van der Waals surface area contributed by atoms with Crippen molar-refractivity contribution in [3.63, 3.8) is 0 Å². The van der Waals surface area contributed by atoms with Crippen LogP contribution in [0.15, 0.2) is 30.3 Å². The number of aliphatic hydroxyl groups excluding tert-OH is 1. The lowest BCUT2D eigenvalue weighted by Crippen LogP contribution is -2.45. The van der Waals surface area contributed by atoms with Crippen molar-refractivity contribution in [2.45, 2.75) is 78.3 Å². The third kappa shape index (κ3) is 7.51. The Morgan fingerprint density at radius 1 is 0.962 bits per heavy atom. The summed E-state index contributed by atoms with van der Waals surface area (Å²) in [5, 5.41) is 9.22. The van der Waals surface area contributed by atoms with E-state index in [-0.39, 0.29) is 12.7 Å². The van der Waals surface area contributed by atoms with Crippen molar-refractivity contribution >= 4 is 8.32 Å². The highest BCUT2D eigenvalue weighted by molar-refractivity contribution is 6.73. The van der Waals surface area contributed by atoms with Gasteiger partial charge in [0, 0.05) is 12.5 Å². The maximum absolute atomic E-state index is 9.22. The van der Waals surface area contributed by atoms with Gasteiger partial charge in [-0.05, 0) is 42.5 Å². The summed E-state index contributed by atoms with van der Waals surface area (Å²) in [7, 11) is -1.67. The predicted octanol–water partition coefficient (Wildman–Crippen LogP) is 5.64. The molecule has 1 rings (SSSR count). The average molecular weight is 381 g/mol. The van der Waals surface area contributed by atoms with Gasteiger partial charge in [-0.2, -0.15) is 0 Å². The van der Waals surface area contributed by atoms with Gasteiger partial charge in [-0.15, -0.1) is 0 Å². The third-order valence-corrected chi connectivity index (χ3v) is 10.4. The Hall–Kier alpha value is -0.683. The second-order valence-corrected chi connectivity index (χ2v) is 12.4. The summed E-state index contributed by atoms with van der Waals surface area (Å²) in [5.41, 5.74) is 1.21. The summed E-state index contributed by atoms with van der Waals surface area (Å²) >= 11 is 0. The van der Waals surface area contributed by atoms with E-state index < -0.39 is 8.32 Å². The Labute approximate surface area is 162 Å². The largest absolute Gasteiger partial charge is 0.413 e. The van der Waals surface area contributed by atoms with Crippen molar-refractivity contribution in [2.24, 2.45) is 11.8 Å². The number of hydrogen-bond donors (Lipinski definition) is 1. The van der Waals surface area contributed by atoms with Gasteiger partial charge in [0.25, 0.3) is 0 Å². The molecule has 3 nitrogen and oxygen atoms in total. The van der Waals surface area contributed by atoms with Crippen LogP contribution in [0.2, 0.25) is 18.1 Å². The summed E-state index contributed by atoms with van der Waals surface area (Å²) in [4.78, 5) is 0. The molecule has 0 saturated carbocycles. The fraction of sp³-hybridized carbons (Fsp3) is 0.727. The van der Waals surface area contributed by atoms with Gasteiger partial charge in [0.05, 0.1) is 19.3 Å². The van der Waals surface area contributed by atoms with E-state index in [1.807, 2.05) is 6.07 Å². The number of benzene rings is 1. The van der Waals surface area contributed by atoms with Crippen LogP contribution in [0.3, 0.4) is 0 Å². The molecule has 3 atom stereocenters. The molecule has 0 bridgehead atoms. The first-order chi connectivity index (χ1) is 12.5. The maximum Gasteiger partial charge on any atom is 0.192 e. The van der Waals surface area contributed by atoms with E-state index in [1.54, 1.807) is 0 Å². The zero-order valence-corrected chi connectivity index (χ0v) is 18.5. The summed E-state index contributed by atoms with van der Waals surface area (Å²) in [5.74, 6) is 0.790. The van der Waals surface area contributed by atoms with Crippen LogP contribution < -0.4 is 0 Å². The fourth-order valence-corrected chi connectivity index (χ4v) is 6.73. The first-order valence-electron chi connectivity index (χ1n) is 10.4. The molecule has 0 amide bonds. The Balaban J connectivity index is 2.71. The van der Waals surface area contributed by atoms with Crippen LogP contribution in [0.1, 0.15) is 53.0 Å². The predicted molar refractivity (Wildman–Crippen MR) is 113 cm³/mol. The van der Waals surface area contributed by atoms with Crippen molar-refractivity contribution in [1.29, 1.82) is 0 Å². The molecule has 0 aliphatic carbocycles. The van der Waals surface area contributed by atoms with Crippen LogP contribution >= 0.6 is 0 Å². The molecule has 150 valence electrons. The van der Waals surface area contributed by atoms with Gasteiger partial charge in [-0.3, -0.25) is 0 Å². The highest BCUT2D eigenvalue weighted by atomic mass is 28.4. The molecular weight excluding hydrogens is 340 g/mol. The Morgan fingerprint density at radius 2 is 1.58 bits per heavy atom. The van der Waals surface area contributed by atoms with Gasteiger partial charge in [0.15, 0.2) is 8.32 Å². The third-order valence-electron chi connectivity index (χ3n) is 5.75. The molecule has 0 fully saturated rings.